The highest BCUT2D eigenvalue weighted by Crippen LogP contribution is 2.32. The summed E-state index contributed by atoms with van der Waals surface area (Å²) in [6, 6.07) is 10.7. The van der Waals surface area contributed by atoms with Gasteiger partial charge in [-0.15, -0.1) is 0 Å². The Morgan fingerprint density at radius 1 is 1.32 bits per heavy atom. The van der Waals surface area contributed by atoms with Gasteiger partial charge in [-0.05, 0) is 12.0 Å². The lowest BCUT2D eigenvalue weighted by Gasteiger charge is -2.33. The number of amides is 1. The van der Waals surface area contributed by atoms with Crippen molar-refractivity contribution in [2.24, 2.45) is 0 Å². The van der Waals surface area contributed by atoms with Crippen molar-refractivity contribution in [1.29, 1.82) is 0 Å². The van der Waals surface area contributed by atoms with Crippen LogP contribution in [0.1, 0.15) is 24.9 Å². The number of fused-ring (bicyclic) bond motifs is 1. The monoisotopic (exact) mass is 257 g/mol. The maximum absolute atomic E-state index is 12.0. The van der Waals surface area contributed by atoms with Crippen LogP contribution in [0.3, 0.4) is 0 Å². The molecule has 1 aromatic rings. The van der Waals surface area contributed by atoms with Gasteiger partial charge in [0.2, 0.25) is 0 Å². The number of carbonyl (C=O) groups is 1. The molecule has 2 aliphatic rings. The van der Waals surface area contributed by atoms with E-state index < -0.39 is 0 Å². The average molecular weight is 257 g/mol. The number of nitrogens with zero attached hydrogens (tertiary/aromatic N) is 2. The van der Waals surface area contributed by atoms with Gasteiger partial charge in [0, 0.05) is 25.4 Å². The van der Waals surface area contributed by atoms with Gasteiger partial charge in [-0.2, -0.15) is 0 Å². The van der Waals surface area contributed by atoms with Crippen LogP contribution >= 0.6 is 0 Å². The third kappa shape index (κ3) is 2.12. The molecule has 0 radical (unpaired) electrons. The van der Waals surface area contributed by atoms with Crippen LogP contribution in [0.5, 0.6) is 0 Å². The summed E-state index contributed by atoms with van der Waals surface area (Å²) >= 11 is 0. The second-order valence-corrected chi connectivity index (χ2v) is 5.03. The van der Waals surface area contributed by atoms with Crippen LogP contribution in [0.15, 0.2) is 42.6 Å². The van der Waals surface area contributed by atoms with Gasteiger partial charge >= 0.3 is 0 Å². The standard InChI is InChI=1S/C15H19N3O/c1-2-10-17-13(12-6-4-3-5-7-12)11-18-14(19)8-9-16-15(17)18/h3-9,13,15-16H,2,10-11H2,1H3. The smallest absolute Gasteiger partial charge is 0.250 e. The molecule has 3 rings (SSSR count). The Hall–Kier alpha value is -1.81. The lowest BCUT2D eigenvalue weighted by atomic mass is 10.1. The van der Waals surface area contributed by atoms with Crippen molar-refractivity contribution < 1.29 is 4.79 Å². The van der Waals surface area contributed by atoms with Gasteiger partial charge in [-0.1, -0.05) is 37.3 Å². The van der Waals surface area contributed by atoms with Crippen LogP contribution in [0.2, 0.25) is 0 Å². The highest BCUT2D eigenvalue weighted by atomic mass is 16.2. The molecule has 1 N–H and O–H groups in total. The van der Waals surface area contributed by atoms with Crippen LogP contribution in [0.25, 0.3) is 0 Å². The molecule has 1 saturated heterocycles. The van der Waals surface area contributed by atoms with Gasteiger partial charge < -0.3 is 10.2 Å². The predicted octanol–water partition coefficient (Wildman–Crippen LogP) is 1.68. The maximum atomic E-state index is 12.0. The van der Waals surface area contributed by atoms with E-state index >= 15 is 0 Å². The second-order valence-electron chi connectivity index (χ2n) is 5.03. The van der Waals surface area contributed by atoms with Crippen molar-refractivity contribution in [3.8, 4) is 0 Å². The predicted molar refractivity (Wildman–Crippen MR) is 74.0 cm³/mol. The molecule has 1 fully saturated rings. The summed E-state index contributed by atoms with van der Waals surface area (Å²) in [5.74, 6) is 0.100. The van der Waals surface area contributed by atoms with E-state index in [4.69, 9.17) is 0 Å². The summed E-state index contributed by atoms with van der Waals surface area (Å²) in [5, 5.41) is 3.30. The van der Waals surface area contributed by atoms with Gasteiger partial charge in [0.15, 0.2) is 6.29 Å². The van der Waals surface area contributed by atoms with Crippen LogP contribution in [-0.4, -0.2) is 35.1 Å². The van der Waals surface area contributed by atoms with Gasteiger partial charge in [0.05, 0.1) is 6.04 Å². The van der Waals surface area contributed by atoms with E-state index in [-0.39, 0.29) is 18.2 Å². The molecular weight excluding hydrogens is 238 g/mol. The molecule has 2 heterocycles. The van der Waals surface area contributed by atoms with Crippen LogP contribution in [0.4, 0.5) is 0 Å². The van der Waals surface area contributed by atoms with Crippen molar-refractivity contribution in [2.75, 3.05) is 13.1 Å². The van der Waals surface area contributed by atoms with Crippen LogP contribution in [-0.2, 0) is 4.79 Å². The van der Waals surface area contributed by atoms with Crippen molar-refractivity contribution in [3.05, 3.63) is 48.2 Å². The summed E-state index contributed by atoms with van der Waals surface area (Å²) in [5.41, 5.74) is 1.28. The molecule has 19 heavy (non-hydrogen) atoms. The summed E-state index contributed by atoms with van der Waals surface area (Å²) in [7, 11) is 0. The zero-order valence-corrected chi connectivity index (χ0v) is 11.1. The number of nitrogens with one attached hydrogen (secondary N) is 1. The van der Waals surface area contributed by atoms with E-state index in [9.17, 15) is 4.79 Å². The summed E-state index contributed by atoms with van der Waals surface area (Å²) in [6.07, 6.45) is 4.45. The SMILES string of the molecule is CCCN1C(c2ccccc2)CN2C(=O)C=CNC21. The minimum Gasteiger partial charge on any atom is -0.359 e. The minimum absolute atomic E-state index is 0.00246. The molecular formula is C15H19N3O. The fourth-order valence-corrected chi connectivity index (χ4v) is 2.95. The van der Waals surface area contributed by atoms with Gasteiger partial charge in [-0.25, -0.2) is 0 Å². The third-order valence-electron chi connectivity index (χ3n) is 3.80. The van der Waals surface area contributed by atoms with Crippen LogP contribution < -0.4 is 5.32 Å². The lowest BCUT2D eigenvalue weighted by molar-refractivity contribution is -0.129. The fraction of sp³-hybridized carbons (Fsp3) is 0.400. The van der Waals surface area contributed by atoms with E-state index in [2.05, 4.69) is 41.4 Å². The first-order valence-electron chi connectivity index (χ1n) is 6.85. The van der Waals surface area contributed by atoms with E-state index in [1.165, 1.54) is 5.56 Å². The first-order valence-corrected chi connectivity index (χ1v) is 6.85. The molecule has 4 nitrogen and oxygen atoms in total. The summed E-state index contributed by atoms with van der Waals surface area (Å²) < 4.78 is 0. The molecule has 2 unspecified atom stereocenters. The topological polar surface area (TPSA) is 35.6 Å². The normalized spacial score (nSPS) is 26.4. The van der Waals surface area contributed by atoms with Gasteiger partial charge in [-0.3, -0.25) is 9.69 Å². The Balaban J connectivity index is 1.90. The molecule has 0 aliphatic carbocycles. The molecule has 2 aliphatic heterocycles. The van der Waals surface area contributed by atoms with Crippen molar-refractivity contribution in [1.82, 2.24) is 15.1 Å². The number of hydrogen-bond acceptors (Lipinski definition) is 3. The number of hydrogen-bond donors (Lipinski definition) is 1. The number of rotatable bonds is 3. The Morgan fingerprint density at radius 2 is 2.11 bits per heavy atom. The van der Waals surface area contributed by atoms with Crippen molar-refractivity contribution in [2.45, 2.75) is 25.7 Å². The van der Waals surface area contributed by atoms with Gasteiger partial charge in [0.1, 0.15) is 0 Å². The van der Waals surface area contributed by atoms with E-state index in [0.29, 0.717) is 0 Å². The molecule has 0 aromatic heterocycles. The molecule has 0 spiro atoms. The molecule has 100 valence electrons. The van der Waals surface area contributed by atoms with Crippen molar-refractivity contribution in [3.63, 3.8) is 0 Å². The highest BCUT2D eigenvalue weighted by molar-refractivity contribution is 5.88. The second kappa shape index (κ2) is 5.05. The maximum Gasteiger partial charge on any atom is 0.250 e. The Morgan fingerprint density at radius 3 is 2.84 bits per heavy atom. The molecule has 0 saturated carbocycles. The van der Waals surface area contributed by atoms with Gasteiger partial charge in [0.25, 0.3) is 5.91 Å². The fourth-order valence-electron chi connectivity index (χ4n) is 2.95. The zero-order chi connectivity index (χ0) is 13.2. The molecule has 0 bridgehead atoms. The lowest BCUT2D eigenvalue weighted by Crippen LogP contribution is -2.52. The number of benzene rings is 1. The largest absolute Gasteiger partial charge is 0.359 e. The Labute approximate surface area is 113 Å². The van der Waals surface area contributed by atoms with E-state index in [1.54, 1.807) is 12.3 Å². The minimum atomic E-state index is 0.00246. The summed E-state index contributed by atoms with van der Waals surface area (Å²) in [6.45, 7) is 3.91. The Bertz CT molecular complexity index is 485. The first-order chi connectivity index (χ1) is 9.31. The average Bonchev–Trinajstić information content (AvgIpc) is 2.81. The van der Waals surface area contributed by atoms with E-state index in [0.717, 1.165) is 19.5 Å². The molecule has 2 atom stereocenters. The first kappa shape index (κ1) is 12.2. The summed E-state index contributed by atoms with van der Waals surface area (Å²) in [4.78, 5) is 16.3. The zero-order valence-electron chi connectivity index (χ0n) is 11.1. The molecule has 1 amide bonds. The number of carbonyl (C=O) groups excluding carboxylic acids is 1. The molecule has 4 heteroatoms. The third-order valence-corrected chi connectivity index (χ3v) is 3.80. The van der Waals surface area contributed by atoms with Crippen LogP contribution in [0, 0.1) is 0 Å². The molecule has 1 aromatic carbocycles. The van der Waals surface area contributed by atoms with E-state index in [1.807, 2.05) is 11.0 Å². The quantitative estimate of drug-likeness (QED) is 0.895. The van der Waals surface area contributed by atoms with Crippen molar-refractivity contribution >= 4 is 5.91 Å². The highest BCUT2D eigenvalue weighted by Gasteiger charge is 2.42. The Kier molecular flexibility index (Phi) is 3.25.